The molecule has 0 aliphatic rings. The van der Waals surface area contributed by atoms with Crippen LogP contribution in [0.25, 0.3) is 0 Å². The number of ether oxygens (including phenoxy) is 2. The van der Waals surface area contributed by atoms with Crippen molar-refractivity contribution >= 4 is 44.2 Å². The van der Waals surface area contributed by atoms with Gasteiger partial charge in [0.1, 0.15) is 5.75 Å². The zero-order valence-electron chi connectivity index (χ0n) is 17.6. The Morgan fingerprint density at radius 3 is 2.52 bits per heavy atom. The van der Waals surface area contributed by atoms with Gasteiger partial charge >= 0.3 is 11.9 Å². The summed E-state index contributed by atoms with van der Waals surface area (Å²) in [5, 5.41) is 2.34. The van der Waals surface area contributed by atoms with Gasteiger partial charge in [0.15, 0.2) is 24.9 Å². The summed E-state index contributed by atoms with van der Waals surface area (Å²) in [6.45, 7) is 3.98. The van der Waals surface area contributed by atoms with Gasteiger partial charge in [-0.05, 0) is 18.1 Å². The van der Waals surface area contributed by atoms with Crippen molar-refractivity contribution in [3.8, 4) is 5.75 Å². The Bertz CT molecular complexity index is 1080. The summed E-state index contributed by atoms with van der Waals surface area (Å²) in [7, 11) is -2.68. The van der Waals surface area contributed by atoms with Crippen LogP contribution in [0.4, 0.5) is 5.13 Å². The van der Waals surface area contributed by atoms with Gasteiger partial charge in [-0.2, -0.15) is 0 Å². The Hall–Kier alpha value is -2.79. The highest BCUT2D eigenvalue weighted by molar-refractivity contribution is 7.93. The second-order valence-corrected chi connectivity index (χ2v) is 10.2. The predicted molar refractivity (Wildman–Crippen MR) is 115 cm³/mol. The Labute approximate surface area is 184 Å². The Morgan fingerprint density at radius 2 is 1.90 bits per heavy atom. The molecule has 168 valence electrons. The number of hydrogen-bond acceptors (Lipinski definition) is 9. The summed E-state index contributed by atoms with van der Waals surface area (Å²) in [5.74, 6) is -1.84. The monoisotopic (exact) mass is 468 g/mol. The van der Waals surface area contributed by atoms with Crippen LogP contribution in [0.3, 0.4) is 0 Å². The maximum Gasteiger partial charge on any atom is 0.359 e. The molecule has 1 heterocycles. The van der Waals surface area contributed by atoms with Gasteiger partial charge in [0.25, 0.3) is 5.91 Å². The van der Waals surface area contributed by atoms with Crippen molar-refractivity contribution < 1.29 is 32.3 Å². The standard InChI is InChI=1S/C20H24N2O7S2/c1-5-8-12(2)11-15(23)29-14-10-7-6-9-13(14)17(24)22-20-21-16(18(25)28-3)19(30-20)31(4,26)27/h6-7,9-10,12H,5,8,11H2,1-4H3,(H,21,22,24). The number of nitrogens with one attached hydrogen (secondary N) is 1. The van der Waals surface area contributed by atoms with E-state index in [9.17, 15) is 22.8 Å². The number of carbonyl (C=O) groups excluding carboxylic acids is 3. The first kappa shape index (κ1) is 24.5. The number of hydrogen-bond donors (Lipinski definition) is 1. The summed E-state index contributed by atoms with van der Waals surface area (Å²) in [4.78, 5) is 40.7. The highest BCUT2D eigenvalue weighted by Gasteiger charge is 2.27. The fourth-order valence-corrected chi connectivity index (χ4v) is 4.79. The largest absolute Gasteiger partial charge is 0.464 e. The third-order valence-corrected chi connectivity index (χ3v) is 6.97. The molecule has 0 bridgehead atoms. The topological polar surface area (TPSA) is 129 Å². The predicted octanol–water partition coefficient (Wildman–Crippen LogP) is 3.32. The van der Waals surface area contributed by atoms with E-state index in [2.05, 4.69) is 15.0 Å². The first-order chi connectivity index (χ1) is 14.6. The molecule has 31 heavy (non-hydrogen) atoms. The molecule has 0 saturated heterocycles. The molecular formula is C20H24N2O7S2. The fraction of sp³-hybridized carbons (Fsp3) is 0.400. The van der Waals surface area contributed by atoms with Gasteiger partial charge < -0.3 is 9.47 Å². The second-order valence-electron chi connectivity index (χ2n) is 6.94. The zero-order valence-corrected chi connectivity index (χ0v) is 19.3. The minimum atomic E-state index is -3.77. The number of nitrogens with zero attached hydrogens (tertiary/aromatic N) is 1. The van der Waals surface area contributed by atoms with Crippen LogP contribution < -0.4 is 10.1 Å². The summed E-state index contributed by atoms with van der Waals surface area (Å²) in [6.07, 6.45) is 2.97. The fourth-order valence-electron chi connectivity index (χ4n) is 2.79. The van der Waals surface area contributed by atoms with Crippen molar-refractivity contribution in [3.05, 3.63) is 35.5 Å². The van der Waals surface area contributed by atoms with E-state index >= 15 is 0 Å². The first-order valence-corrected chi connectivity index (χ1v) is 12.2. The number of thiazole rings is 1. The number of amides is 1. The molecule has 1 amide bonds. The van der Waals surface area contributed by atoms with E-state index in [1.165, 1.54) is 12.1 Å². The molecule has 1 N–H and O–H groups in total. The van der Waals surface area contributed by atoms with Gasteiger partial charge in [-0.3, -0.25) is 14.9 Å². The van der Waals surface area contributed by atoms with Crippen molar-refractivity contribution in [1.29, 1.82) is 0 Å². The third-order valence-electron chi connectivity index (χ3n) is 4.18. The molecule has 1 unspecified atom stereocenters. The molecule has 0 fully saturated rings. The van der Waals surface area contributed by atoms with E-state index in [-0.39, 0.29) is 33.0 Å². The van der Waals surface area contributed by atoms with Crippen LogP contribution in [0.15, 0.2) is 28.5 Å². The van der Waals surface area contributed by atoms with E-state index in [1.807, 2.05) is 13.8 Å². The van der Waals surface area contributed by atoms with Crippen LogP contribution >= 0.6 is 11.3 Å². The van der Waals surface area contributed by atoms with Crippen molar-refractivity contribution in [2.75, 3.05) is 18.7 Å². The average Bonchev–Trinajstić information content (AvgIpc) is 3.12. The maximum absolute atomic E-state index is 12.7. The quantitative estimate of drug-likeness (QED) is 0.438. The van der Waals surface area contributed by atoms with Crippen molar-refractivity contribution in [3.63, 3.8) is 0 Å². The van der Waals surface area contributed by atoms with Crippen LogP contribution in [-0.4, -0.2) is 44.6 Å². The van der Waals surface area contributed by atoms with E-state index in [4.69, 9.17) is 4.74 Å². The van der Waals surface area contributed by atoms with Gasteiger partial charge in [-0.15, -0.1) is 0 Å². The summed E-state index contributed by atoms with van der Waals surface area (Å²) < 4.78 is 33.5. The highest BCUT2D eigenvalue weighted by atomic mass is 32.2. The maximum atomic E-state index is 12.7. The van der Waals surface area contributed by atoms with E-state index in [0.29, 0.717) is 11.3 Å². The van der Waals surface area contributed by atoms with Crippen LogP contribution in [-0.2, 0) is 19.4 Å². The molecule has 9 nitrogen and oxygen atoms in total. The first-order valence-electron chi connectivity index (χ1n) is 9.47. The van der Waals surface area contributed by atoms with Gasteiger partial charge in [0.2, 0.25) is 0 Å². The summed E-state index contributed by atoms with van der Waals surface area (Å²) in [5.41, 5.74) is -0.343. The molecule has 2 rings (SSSR count). The van der Waals surface area contributed by atoms with E-state index in [1.54, 1.807) is 12.1 Å². The van der Waals surface area contributed by atoms with Crippen LogP contribution in [0.5, 0.6) is 5.75 Å². The third kappa shape index (κ3) is 6.59. The normalized spacial score (nSPS) is 12.1. The van der Waals surface area contributed by atoms with Gasteiger partial charge in [0.05, 0.1) is 12.7 Å². The van der Waals surface area contributed by atoms with Gasteiger partial charge in [0, 0.05) is 12.7 Å². The van der Waals surface area contributed by atoms with Crippen molar-refractivity contribution in [2.45, 2.75) is 37.3 Å². The molecule has 0 aliphatic heterocycles. The van der Waals surface area contributed by atoms with Crippen molar-refractivity contribution in [2.24, 2.45) is 5.92 Å². The molecule has 1 atom stereocenters. The van der Waals surface area contributed by atoms with Crippen LogP contribution in [0.1, 0.15) is 54.0 Å². The molecule has 11 heteroatoms. The summed E-state index contributed by atoms with van der Waals surface area (Å²) in [6, 6.07) is 6.16. The summed E-state index contributed by atoms with van der Waals surface area (Å²) >= 11 is 0.627. The Balaban J connectivity index is 2.25. The smallest absolute Gasteiger partial charge is 0.359 e. The molecule has 0 radical (unpaired) electrons. The number of rotatable bonds is 9. The average molecular weight is 469 g/mol. The minimum Gasteiger partial charge on any atom is -0.464 e. The van der Waals surface area contributed by atoms with E-state index in [0.717, 1.165) is 26.2 Å². The van der Waals surface area contributed by atoms with E-state index < -0.39 is 33.4 Å². The minimum absolute atomic E-state index is 0.0646. The SMILES string of the molecule is CCCC(C)CC(=O)Oc1ccccc1C(=O)Nc1nc(C(=O)OC)c(S(C)(=O)=O)s1. The number of anilines is 1. The lowest BCUT2D eigenvalue weighted by atomic mass is 10.0. The number of methoxy groups -OCH3 is 1. The second kappa shape index (κ2) is 10.5. The lowest BCUT2D eigenvalue weighted by Gasteiger charge is -2.12. The molecule has 2 aromatic rings. The molecule has 0 aliphatic carbocycles. The lowest BCUT2D eigenvalue weighted by Crippen LogP contribution is -2.17. The number of carbonyl (C=O) groups is 3. The number of benzene rings is 1. The van der Waals surface area contributed by atoms with Crippen LogP contribution in [0.2, 0.25) is 0 Å². The Morgan fingerprint density at radius 1 is 1.23 bits per heavy atom. The van der Waals surface area contributed by atoms with Gasteiger partial charge in [-0.1, -0.05) is 50.2 Å². The number of esters is 2. The number of sulfone groups is 1. The molecular weight excluding hydrogens is 444 g/mol. The molecule has 0 spiro atoms. The molecule has 1 aromatic heterocycles. The van der Waals surface area contributed by atoms with Crippen molar-refractivity contribution in [1.82, 2.24) is 4.98 Å². The lowest BCUT2D eigenvalue weighted by molar-refractivity contribution is -0.135. The zero-order chi connectivity index (χ0) is 23.2. The highest BCUT2D eigenvalue weighted by Crippen LogP contribution is 2.29. The van der Waals surface area contributed by atoms with Gasteiger partial charge in [-0.25, -0.2) is 18.2 Å². The molecule has 0 saturated carbocycles. The number of para-hydroxylation sites is 1. The Kier molecular flexibility index (Phi) is 8.28. The number of aromatic nitrogens is 1. The molecule has 1 aromatic carbocycles. The van der Waals surface area contributed by atoms with Crippen LogP contribution in [0, 0.1) is 5.92 Å².